The molecule has 1 aromatic rings. The topological polar surface area (TPSA) is 35.6 Å². The highest BCUT2D eigenvalue weighted by Crippen LogP contribution is 2.24. The van der Waals surface area contributed by atoms with Crippen LogP contribution in [0, 0.1) is 5.92 Å². The predicted molar refractivity (Wildman–Crippen MR) is 104 cm³/mol. The van der Waals surface area contributed by atoms with E-state index in [1.54, 1.807) is 0 Å². The lowest BCUT2D eigenvalue weighted by Crippen LogP contribution is -2.55. The number of hydrogen-bond donors (Lipinski definition) is 1. The number of carbonyl (C=O) groups is 1. The number of hydrogen-bond acceptors (Lipinski definition) is 3. The lowest BCUT2D eigenvalue weighted by Gasteiger charge is -2.39. The Kier molecular flexibility index (Phi) is 6.24. The maximum atomic E-state index is 12.7. The maximum Gasteiger partial charge on any atom is 0.237 e. The van der Waals surface area contributed by atoms with E-state index in [9.17, 15) is 4.79 Å². The molecule has 0 unspecified atom stereocenters. The molecule has 1 saturated heterocycles. The highest BCUT2D eigenvalue weighted by molar-refractivity contribution is 6.30. The lowest BCUT2D eigenvalue weighted by atomic mass is 9.86. The molecule has 1 heterocycles. The number of nitrogens with one attached hydrogen (secondary N) is 1. The molecule has 2 fully saturated rings. The van der Waals surface area contributed by atoms with Crippen LogP contribution in [0.1, 0.15) is 39.5 Å². The minimum atomic E-state index is -0.0596. The zero-order chi connectivity index (χ0) is 17.8. The normalized spacial score (nSPS) is 26.3. The number of anilines is 1. The van der Waals surface area contributed by atoms with Crippen LogP contribution in [-0.2, 0) is 4.79 Å². The molecule has 1 N–H and O–H groups in total. The van der Waals surface area contributed by atoms with Crippen molar-refractivity contribution in [3.63, 3.8) is 0 Å². The molecule has 0 radical (unpaired) electrons. The van der Waals surface area contributed by atoms with Gasteiger partial charge in [-0.15, -0.1) is 0 Å². The minimum absolute atomic E-state index is 0.0596. The van der Waals surface area contributed by atoms with Crippen molar-refractivity contribution in [2.75, 3.05) is 31.1 Å². The van der Waals surface area contributed by atoms with Crippen LogP contribution in [0.2, 0.25) is 5.02 Å². The van der Waals surface area contributed by atoms with Gasteiger partial charge < -0.3 is 10.2 Å². The Morgan fingerprint density at radius 3 is 2.60 bits per heavy atom. The van der Waals surface area contributed by atoms with E-state index in [2.05, 4.69) is 28.1 Å². The Bertz CT molecular complexity index is 586. The van der Waals surface area contributed by atoms with Crippen molar-refractivity contribution < 1.29 is 4.79 Å². The molecule has 0 bridgehead atoms. The first-order chi connectivity index (χ1) is 12.0. The van der Waals surface area contributed by atoms with Crippen molar-refractivity contribution in [1.82, 2.24) is 10.2 Å². The van der Waals surface area contributed by atoms with Gasteiger partial charge in [-0.2, -0.15) is 0 Å². The number of halogens is 1. The van der Waals surface area contributed by atoms with Crippen LogP contribution in [0.25, 0.3) is 0 Å². The summed E-state index contributed by atoms with van der Waals surface area (Å²) >= 11 is 6.10. The number of nitrogens with zero attached hydrogens (tertiary/aromatic N) is 2. The first-order valence-corrected chi connectivity index (χ1v) is 9.97. The monoisotopic (exact) mass is 363 g/mol. The Morgan fingerprint density at radius 1 is 1.20 bits per heavy atom. The summed E-state index contributed by atoms with van der Waals surface area (Å²) < 4.78 is 0. The second-order valence-corrected chi connectivity index (χ2v) is 7.99. The number of benzene rings is 1. The molecule has 0 spiro atoms. The van der Waals surface area contributed by atoms with E-state index in [4.69, 9.17) is 11.6 Å². The average Bonchev–Trinajstić information content (AvgIpc) is 2.63. The molecule has 1 amide bonds. The van der Waals surface area contributed by atoms with E-state index in [1.807, 2.05) is 25.1 Å². The van der Waals surface area contributed by atoms with E-state index in [1.165, 1.54) is 24.9 Å². The van der Waals surface area contributed by atoms with E-state index < -0.39 is 0 Å². The number of amides is 1. The second-order valence-electron chi connectivity index (χ2n) is 7.56. The van der Waals surface area contributed by atoms with Gasteiger partial charge in [-0.05, 0) is 43.9 Å². The third-order valence-corrected chi connectivity index (χ3v) is 6.09. The Morgan fingerprint density at radius 2 is 1.92 bits per heavy atom. The first kappa shape index (κ1) is 18.5. The smallest absolute Gasteiger partial charge is 0.237 e. The molecule has 1 aliphatic heterocycles. The zero-order valence-corrected chi connectivity index (χ0v) is 16.1. The number of carbonyl (C=O) groups excluding carboxylic acids is 1. The molecule has 3 rings (SSSR count). The van der Waals surface area contributed by atoms with Crippen molar-refractivity contribution in [2.45, 2.75) is 51.6 Å². The van der Waals surface area contributed by atoms with Crippen LogP contribution in [0.3, 0.4) is 0 Å². The van der Waals surface area contributed by atoms with Crippen molar-refractivity contribution in [2.24, 2.45) is 5.92 Å². The maximum absolute atomic E-state index is 12.7. The van der Waals surface area contributed by atoms with E-state index in [-0.39, 0.29) is 11.9 Å². The summed E-state index contributed by atoms with van der Waals surface area (Å²) in [6.45, 7) is 7.97. The van der Waals surface area contributed by atoms with Gasteiger partial charge in [-0.25, -0.2) is 0 Å². The van der Waals surface area contributed by atoms with Gasteiger partial charge in [0.1, 0.15) is 0 Å². The molecule has 25 heavy (non-hydrogen) atoms. The van der Waals surface area contributed by atoms with E-state index in [0.717, 1.165) is 37.6 Å². The molecule has 5 heteroatoms. The summed E-state index contributed by atoms with van der Waals surface area (Å²) in [5, 5.41) is 4.08. The van der Waals surface area contributed by atoms with Crippen LogP contribution in [0.5, 0.6) is 0 Å². The van der Waals surface area contributed by atoms with Crippen LogP contribution >= 0.6 is 11.6 Å². The summed E-state index contributed by atoms with van der Waals surface area (Å²) in [6.07, 6.45) is 4.90. The van der Waals surface area contributed by atoms with Crippen LogP contribution < -0.4 is 10.2 Å². The second kappa shape index (κ2) is 8.41. The van der Waals surface area contributed by atoms with Gasteiger partial charge in [0.15, 0.2) is 0 Å². The van der Waals surface area contributed by atoms with E-state index in [0.29, 0.717) is 12.0 Å². The fourth-order valence-corrected chi connectivity index (χ4v) is 4.22. The fourth-order valence-electron chi connectivity index (χ4n) is 4.04. The summed E-state index contributed by atoms with van der Waals surface area (Å²) in [4.78, 5) is 17.3. The van der Waals surface area contributed by atoms with Gasteiger partial charge >= 0.3 is 0 Å². The highest BCUT2D eigenvalue weighted by atomic mass is 35.5. The standard InChI is InChI=1S/C20H30ClN3O/c1-15-6-3-4-9-19(15)22-20(25)16(2)23-10-12-24(13-11-23)18-8-5-7-17(21)14-18/h5,7-8,14-16,19H,3-4,6,9-13H2,1-2H3,(H,22,25)/t15-,16+,19+/m0/s1. The highest BCUT2D eigenvalue weighted by Gasteiger charge is 2.29. The third-order valence-electron chi connectivity index (χ3n) is 5.85. The van der Waals surface area contributed by atoms with Crippen LogP contribution in [-0.4, -0.2) is 49.1 Å². The quantitative estimate of drug-likeness (QED) is 0.888. The summed E-state index contributed by atoms with van der Waals surface area (Å²) in [5.74, 6) is 0.791. The van der Waals surface area contributed by atoms with Crippen molar-refractivity contribution in [3.8, 4) is 0 Å². The molecular formula is C20H30ClN3O. The van der Waals surface area contributed by atoms with Crippen LogP contribution in [0.15, 0.2) is 24.3 Å². The molecule has 1 saturated carbocycles. The summed E-state index contributed by atoms with van der Waals surface area (Å²) in [6, 6.07) is 8.30. The Hall–Kier alpha value is -1.26. The zero-order valence-electron chi connectivity index (χ0n) is 15.4. The largest absolute Gasteiger partial charge is 0.369 e. The van der Waals surface area contributed by atoms with Gasteiger partial charge in [0.05, 0.1) is 6.04 Å². The van der Waals surface area contributed by atoms with Crippen molar-refractivity contribution in [3.05, 3.63) is 29.3 Å². The lowest BCUT2D eigenvalue weighted by molar-refractivity contribution is -0.127. The molecule has 2 aliphatic rings. The van der Waals surface area contributed by atoms with Gasteiger partial charge in [-0.1, -0.05) is 37.4 Å². The molecular weight excluding hydrogens is 334 g/mol. The van der Waals surface area contributed by atoms with Crippen LogP contribution in [0.4, 0.5) is 5.69 Å². The van der Waals surface area contributed by atoms with Crippen molar-refractivity contribution in [1.29, 1.82) is 0 Å². The number of rotatable bonds is 4. The summed E-state index contributed by atoms with van der Waals surface area (Å²) in [5.41, 5.74) is 1.17. The van der Waals surface area contributed by atoms with Gasteiger partial charge in [0.25, 0.3) is 0 Å². The Balaban J connectivity index is 1.50. The van der Waals surface area contributed by atoms with Gasteiger partial charge in [0.2, 0.25) is 5.91 Å². The molecule has 0 aromatic heterocycles. The van der Waals surface area contributed by atoms with Gasteiger partial charge in [-0.3, -0.25) is 9.69 Å². The molecule has 138 valence electrons. The predicted octanol–water partition coefficient (Wildman–Crippen LogP) is 3.55. The molecule has 3 atom stereocenters. The van der Waals surface area contributed by atoms with Crippen molar-refractivity contribution >= 4 is 23.2 Å². The van der Waals surface area contributed by atoms with Gasteiger partial charge in [0, 0.05) is 42.9 Å². The van der Waals surface area contributed by atoms with E-state index >= 15 is 0 Å². The molecule has 4 nitrogen and oxygen atoms in total. The SMILES string of the molecule is C[C@H](C(=O)N[C@@H]1CCCC[C@@H]1C)N1CCN(c2cccc(Cl)c2)CC1. The molecule has 1 aromatic carbocycles. The third kappa shape index (κ3) is 4.68. The fraction of sp³-hybridized carbons (Fsp3) is 0.650. The average molecular weight is 364 g/mol. The first-order valence-electron chi connectivity index (χ1n) is 9.59. The minimum Gasteiger partial charge on any atom is -0.369 e. The Labute approximate surface area is 156 Å². The molecule has 1 aliphatic carbocycles. The number of piperazine rings is 1. The summed E-state index contributed by atoms with van der Waals surface area (Å²) in [7, 11) is 0.